The molecule has 0 aliphatic carbocycles. The summed E-state index contributed by atoms with van der Waals surface area (Å²) in [5, 5.41) is 5.64. The Bertz CT molecular complexity index is 1010. The summed E-state index contributed by atoms with van der Waals surface area (Å²) in [6, 6.07) is 16.3. The maximum atomic E-state index is 3.66. The third-order valence-corrected chi connectivity index (χ3v) is 12.4. The molecular formula is C27H34BrP. The molecule has 0 saturated carbocycles. The van der Waals surface area contributed by atoms with Crippen LogP contribution < -0.4 is 15.9 Å². The first-order valence-electron chi connectivity index (χ1n) is 10.4. The molecule has 0 aromatic heterocycles. The second-order valence-corrected chi connectivity index (χ2v) is 13.2. The van der Waals surface area contributed by atoms with Gasteiger partial charge in [-0.2, -0.15) is 0 Å². The first-order chi connectivity index (χ1) is 13.6. The van der Waals surface area contributed by atoms with Crippen LogP contribution in [0.15, 0.2) is 42.5 Å². The number of benzene rings is 3. The molecule has 0 N–H and O–H groups in total. The van der Waals surface area contributed by atoms with Crippen LogP contribution in [0.25, 0.3) is 0 Å². The Morgan fingerprint density at radius 2 is 1.00 bits per heavy atom. The monoisotopic (exact) mass is 468 g/mol. The standard InChI is InChI=1S/C27H34BrP/c1-17-12-20(4)26(21(5)13-17)29(8,25-18(2)10-9-11-19(25)3)27-22(6)14-24(16-28)15-23(27)7/h9-15,29H,16H2,1-8H3. The SMILES string of the molecule is Cc1cc(C)c([PH](C)(c2c(C)cccc2C)c2c(C)cc(CBr)cc2C)c(C)c1. The maximum absolute atomic E-state index is 3.66. The topological polar surface area (TPSA) is 0 Å². The molecule has 0 fully saturated rings. The van der Waals surface area contributed by atoms with E-state index in [1.165, 1.54) is 44.5 Å². The summed E-state index contributed by atoms with van der Waals surface area (Å²) in [4.78, 5) is 0. The van der Waals surface area contributed by atoms with Gasteiger partial charge < -0.3 is 0 Å². The molecule has 154 valence electrons. The van der Waals surface area contributed by atoms with E-state index in [-0.39, 0.29) is 0 Å². The van der Waals surface area contributed by atoms with Crippen LogP contribution in [0, 0.1) is 48.5 Å². The van der Waals surface area contributed by atoms with E-state index in [1.807, 2.05) is 0 Å². The summed E-state index contributed by atoms with van der Waals surface area (Å²) in [7, 11) is -2.22. The molecule has 0 radical (unpaired) electrons. The van der Waals surface area contributed by atoms with Crippen LogP contribution in [0.4, 0.5) is 0 Å². The number of alkyl halides is 1. The average Bonchev–Trinajstić information content (AvgIpc) is 2.59. The van der Waals surface area contributed by atoms with Gasteiger partial charge in [0.05, 0.1) is 0 Å². The Kier molecular flexibility index (Phi) is 6.42. The number of hydrogen-bond acceptors (Lipinski definition) is 0. The Labute approximate surface area is 186 Å². The zero-order valence-electron chi connectivity index (χ0n) is 19.1. The van der Waals surface area contributed by atoms with Crippen molar-refractivity contribution in [3.63, 3.8) is 0 Å². The molecule has 29 heavy (non-hydrogen) atoms. The van der Waals surface area contributed by atoms with Crippen LogP contribution in [0.5, 0.6) is 0 Å². The van der Waals surface area contributed by atoms with Crippen molar-refractivity contribution in [2.24, 2.45) is 0 Å². The Balaban J connectivity index is 2.52. The van der Waals surface area contributed by atoms with Gasteiger partial charge in [0.2, 0.25) is 0 Å². The summed E-state index contributed by atoms with van der Waals surface area (Å²) in [6.45, 7) is 18.6. The number of hydrogen-bond donors (Lipinski definition) is 0. The van der Waals surface area contributed by atoms with Crippen LogP contribution in [-0.4, -0.2) is 6.66 Å². The molecule has 3 rings (SSSR count). The minimum atomic E-state index is -2.22. The van der Waals surface area contributed by atoms with Crippen molar-refractivity contribution in [1.29, 1.82) is 0 Å². The summed E-state index contributed by atoms with van der Waals surface area (Å²) >= 11 is 3.66. The van der Waals surface area contributed by atoms with Crippen LogP contribution in [0.2, 0.25) is 0 Å². The molecule has 3 aromatic carbocycles. The van der Waals surface area contributed by atoms with Gasteiger partial charge in [-0.15, -0.1) is 0 Å². The van der Waals surface area contributed by atoms with E-state index in [1.54, 1.807) is 15.9 Å². The Morgan fingerprint density at radius 3 is 1.41 bits per heavy atom. The third kappa shape index (κ3) is 3.85. The summed E-state index contributed by atoms with van der Waals surface area (Å²) in [5.41, 5.74) is 11.3. The van der Waals surface area contributed by atoms with Crippen molar-refractivity contribution in [2.75, 3.05) is 6.66 Å². The molecule has 0 unspecified atom stereocenters. The van der Waals surface area contributed by atoms with Gasteiger partial charge in [0.15, 0.2) is 0 Å². The van der Waals surface area contributed by atoms with Crippen molar-refractivity contribution in [3.8, 4) is 0 Å². The van der Waals surface area contributed by atoms with Gasteiger partial charge in [0.1, 0.15) is 0 Å². The Hall–Kier alpha value is -1.43. The fraction of sp³-hybridized carbons (Fsp3) is 0.333. The molecule has 0 spiro atoms. The quantitative estimate of drug-likeness (QED) is 0.307. The number of aryl methyl sites for hydroxylation is 7. The van der Waals surface area contributed by atoms with Gasteiger partial charge in [-0.25, -0.2) is 0 Å². The van der Waals surface area contributed by atoms with Crippen LogP contribution in [-0.2, 0) is 5.33 Å². The molecule has 0 atom stereocenters. The van der Waals surface area contributed by atoms with Gasteiger partial charge in [0.25, 0.3) is 0 Å². The van der Waals surface area contributed by atoms with Crippen molar-refractivity contribution in [3.05, 3.63) is 87.0 Å². The van der Waals surface area contributed by atoms with Gasteiger partial charge in [-0.05, 0) is 0 Å². The van der Waals surface area contributed by atoms with Crippen molar-refractivity contribution < 1.29 is 0 Å². The average molecular weight is 469 g/mol. The second-order valence-electron chi connectivity index (χ2n) is 8.90. The first kappa shape index (κ1) is 22.3. The summed E-state index contributed by atoms with van der Waals surface area (Å²) in [6.07, 6.45) is 0. The van der Waals surface area contributed by atoms with Crippen LogP contribution in [0.1, 0.15) is 44.5 Å². The van der Waals surface area contributed by atoms with Crippen molar-refractivity contribution in [1.82, 2.24) is 0 Å². The van der Waals surface area contributed by atoms with Crippen LogP contribution in [0.3, 0.4) is 0 Å². The summed E-state index contributed by atoms with van der Waals surface area (Å²) < 4.78 is 0. The van der Waals surface area contributed by atoms with Crippen molar-refractivity contribution >= 4 is 39.1 Å². The molecule has 0 bridgehead atoms. The minimum absolute atomic E-state index is 0.902. The molecule has 0 aliphatic rings. The molecule has 0 amide bonds. The van der Waals surface area contributed by atoms with E-state index in [0.717, 1.165) is 5.33 Å². The Morgan fingerprint density at radius 1 is 0.621 bits per heavy atom. The van der Waals surface area contributed by atoms with E-state index in [9.17, 15) is 0 Å². The van der Waals surface area contributed by atoms with E-state index < -0.39 is 7.26 Å². The molecule has 2 heteroatoms. The zero-order valence-corrected chi connectivity index (χ0v) is 21.7. The summed E-state index contributed by atoms with van der Waals surface area (Å²) in [5.74, 6) is 0. The predicted molar refractivity (Wildman–Crippen MR) is 138 cm³/mol. The number of halogens is 1. The molecule has 0 aliphatic heterocycles. The fourth-order valence-electron chi connectivity index (χ4n) is 5.87. The predicted octanol–water partition coefficient (Wildman–Crippen LogP) is 6.40. The van der Waals surface area contributed by atoms with Gasteiger partial charge in [0, 0.05) is 0 Å². The molecule has 0 nitrogen and oxygen atoms in total. The normalized spacial score (nSPS) is 12.3. The second kappa shape index (κ2) is 8.37. The van der Waals surface area contributed by atoms with Crippen LogP contribution >= 0.6 is 23.2 Å². The van der Waals surface area contributed by atoms with E-state index in [4.69, 9.17) is 0 Å². The van der Waals surface area contributed by atoms with Crippen molar-refractivity contribution in [2.45, 2.75) is 53.8 Å². The first-order valence-corrected chi connectivity index (χ1v) is 14.0. The van der Waals surface area contributed by atoms with Gasteiger partial charge in [-0.3, -0.25) is 0 Å². The van der Waals surface area contributed by atoms with Gasteiger partial charge in [-0.1, -0.05) is 0 Å². The fourth-order valence-corrected chi connectivity index (χ4v) is 12.1. The molecule has 0 saturated heterocycles. The third-order valence-electron chi connectivity index (χ3n) is 6.40. The zero-order chi connectivity index (χ0) is 21.5. The van der Waals surface area contributed by atoms with E-state index >= 15 is 0 Å². The van der Waals surface area contributed by atoms with E-state index in [2.05, 4.69) is 114 Å². The van der Waals surface area contributed by atoms with E-state index in [0.29, 0.717) is 0 Å². The number of rotatable bonds is 4. The molecule has 3 aromatic rings. The molecule has 0 heterocycles. The molecular weight excluding hydrogens is 435 g/mol. The van der Waals surface area contributed by atoms with Gasteiger partial charge >= 0.3 is 187 Å².